The van der Waals surface area contributed by atoms with Crippen molar-refractivity contribution in [2.45, 2.75) is 46.2 Å². The van der Waals surface area contributed by atoms with Gasteiger partial charge in [0.15, 0.2) is 0 Å². The second-order valence-electron chi connectivity index (χ2n) is 5.85. The van der Waals surface area contributed by atoms with Gasteiger partial charge in [-0.25, -0.2) is 4.98 Å². The van der Waals surface area contributed by atoms with Crippen LogP contribution in [0.4, 0.5) is 0 Å². The molecular weight excluding hydrogens is 282 g/mol. The molecule has 0 unspecified atom stereocenters. The first-order chi connectivity index (χ1) is 10.1. The Morgan fingerprint density at radius 2 is 2.05 bits per heavy atom. The average molecular weight is 299 g/mol. The van der Waals surface area contributed by atoms with E-state index in [1.807, 2.05) is 11.8 Å². The monoisotopic (exact) mass is 299 g/mol. The third-order valence-corrected chi connectivity index (χ3v) is 5.42. The minimum Gasteiger partial charge on any atom is -0.328 e. The largest absolute Gasteiger partial charge is 0.328 e. The summed E-state index contributed by atoms with van der Waals surface area (Å²) in [6.45, 7) is 5.45. The number of fused-ring (bicyclic) bond motifs is 2. The fraction of sp³-hybridized carbons (Fsp3) is 0.438. The van der Waals surface area contributed by atoms with Crippen molar-refractivity contribution in [3.8, 4) is 0 Å². The van der Waals surface area contributed by atoms with Gasteiger partial charge in [0.25, 0.3) is 5.91 Å². The summed E-state index contributed by atoms with van der Waals surface area (Å²) in [4.78, 5) is 24.2. The molecule has 2 aliphatic rings. The predicted octanol–water partition coefficient (Wildman–Crippen LogP) is 2.80. The van der Waals surface area contributed by atoms with Crippen molar-refractivity contribution in [2.75, 3.05) is 0 Å². The molecule has 0 atom stereocenters. The van der Waals surface area contributed by atoms with E-state index in [0.717, 1.165) is 28.4 Å². The molecule has 0 saturated heterocycles. The Kier molecular flexibility index (Phi) is 2.85. The van der Waals surface area contributed by atoms with Crippen molar-refractivity contribution in [1.82, 2.24) is 14.9 Å². The number of pyridine rings is 1. The second-order valence-corrected chi connectivity index (χ2v) is 7.08. The van der Waals surface area contributed by atoms with Crippen LogP contribution >= 0.6 is 11.3 Å². The number of carbonyl (C=O) groups excluding carboxylic acids is 1. The molecule has 1 aliphatic heterocycles. The lowest BCUT2D eigenvalue weighted by molar-refractivity contribution is 0.0755. The van der Waals surface area contributed by atoms with Crippen molar-refractivity contribution >= 4 is 17.2 Å². The molecule has 3 heterocycles. The number of hydrogen-bond donors (Lipinski definition) is 0. The Labute approximate surface area is 127 Å². The van der Waals surface area contributed by atoms with E-state index in [-0.39, 0.29) is 5.91 Å². The number of nitrogens with zero attached hydrogens (tertiary/aromatic N) is 3. The van der Waals surface area contributed by atoms with E-state index in [1.54, 1.807) is 6.20 Å². The summed E-state index contributed by atoms with van der Waals surface area (Å²) in [7, 11) is 0. The van der Waals surface area contributed by atoms with Gasteiger partial charge in [-0.2, -0.15) is 0 Å². The van der Waals surface area contributed by atoms with E-state index in [2.05, 4.69) is 11.9 Å². The van der Waals surface area contributed by atoms with Gasteiger partial charge in [-0.05, 0) is 49.8 Å². The van der Waals surface area contributed by atoms with Gasteiger partial charge in [0.05, 0.1) is 23.4 Å². The van der Waals surface area contributed by atoms with Crippen LogP contribution in [0.15, 0.2) is 6.20 Å². The van der Waals surface area contributed by atoms with Gasteiger partial charge in [-0.3, -0.25) is 9.78 Å². The van der Waals surface area contributed by atoms with Gasteiger partial charge >= 0.3 is 0 Å². The van der Waals surface area contributed by atoms with Crippen molar-refractivity contribution in [3.63, 3.8) is 0 Å². The fourth-order valence-corrected chi connectivity index (χ4v) is 4.16. The van der Waals surface area contributed by atoms with Crippen LogP contribution in [-0.2, 0) is 25.9 Å². The molecule has 2 aromatic heterocycles. The molecule has 0 N–H and O–H groups in total. The molecule has 108 valence electrons. The summed E-state index contributed by atoms with van der Waals surface area (Å²) in [6, 6.07) is 0. The third kappa shape index (κ3) is 1.99. The molecule has 4 rings (SSSR count). The molecule has 21 heavy (non-hydrogen) atoms. The Bertz CT molecular complexity index is 750. The van der Waals surface area contributed by atoms with Crippen LogP contribution < -0.4 is 0 Å². The van der Waals surface area contributed by atoms with Gasteiger partial charge in [-0.15, -0.1) is 11.3 Å². The number of hydrogen-bond acceptors (Lipinski definition) is 4. The summed E-state index contributed by atoms with van der Waals surface area (Å²) >= 11 is 1.46. The number of carbonyl (C=O) groups is 1. The first kappa shape index (κ1) is 13.0. The summed E-state index contributed by atoms with van der Waals surface area (Å²) in [5.74, 6) is 0.0816. The van der Waals surface area contributed by atoms with Gasteiger partial charge in [-0.1, -0.05) is 0 Å². The summed E-state index contributed by atoms with van der Waals surface area (Å²) in [5.41, 5.74) is 6.42. The minimum absolute atomic E-state index is 0.0816. The molecule has 0 fully saturated rings. The topological polar surface area (TPSA) is 46.1 Å². The lowest BCUT2D eigenvalue weighted by Gasteiger charge is -2.13. The second kappa shape index (κ2) is 4.63. The predicted molar refractivity (Wildman–Crippen MR) is 81.4 cm³/mol. The zero-order valence-electron chi connectivity index (χ0n) is 12.3. The van der Waals surface area contributed by atoms with E-state index < -0.39 is 0 Å². The molecule has 1 amide bonds. The SMILES string of the molecule is Cc1ncc(C(=O)N2Cc3nc4c(c(C)c3C2)CCC4)s1. The summed E-state index contributed by atoms with van der Waals surface area (Å²) < 4.78 is 0. The van der Waals surface area contributed by atoms with Gasteiger partial charge in [0, 0.05) is 12.2 Å². The lowest BCUT2D eigenvalue weighted by Crippen LogP contribution is -2.24. The molecule has 0 spiro atoms. The zero-order chi connectivity index (χ0) is 14.6. The highest BCUT2D eigenvalue weighted by atomic mass is 32.1. The number of rotatable bonds is 1. The molecule has 0 radical (unpaired) electrons. The van der Waals surface area contributed by atoms with Crippen molar-refractivity contribution in [1.29, 1.82) is 0 Å². The standard InChI is InChI=1S/C16H17N3OS/c1-9-11-4-3-5-13(11)18-14-8-19(7-12(9)14)16(20)15-6-17-10(2)21-15/h6H,3-5,7-8H2,1-2H3. The van der Waals surface area contributed by atoms with Crippen LogP contribution in [0.2, 0.25) is 0 Å². The number of aryl methyl sites for hydroxylation is 2. The normalized spacial score (nSPS) is 16.2. The Morgan fingerprint density at radius 3 is 2.81 bits per heavy atom. The summed E-state index contributed by atoms with van der Waals surface area (Å²) in [6.07, 6.45) is 5.13. The Morgan fingerprint density at radius 1 is 1.19 bits per heavy atom. The molecule has 4 nitrogen and oxygen atoms in total. The molecule has 2 aromatic rings. The highest BCUT2D eigenvalue weighted by Crippen LogP contribution is 2.33. The van der Waals surface area contributed by atoms with Crippen molar-refractivity contribution in [3.05, 3.63) is 44.2 Å². The maximum absolute atomic E-state index is 12.6. The molecule has 0 bridgehead atoms. The van der Waals surface area contributed by atoms with E-state index >= 15 is 0 Å². The number of aromatic nitrogens is 2. The fourth-order valence-electron chi connectivity index (χ4n) is 3.41. The number of amides is 1. The molecule has 0 aromatic carbocycles. The smallest absolute Gasteiger partial charge is 0.266 e. The van der Waals surface area contributed by atoms with Gasteiger partial charge < -0.3 is 4.90 Å². The van der Waals surface area contributed by atoms with E-state index in [9.17, 15) is 4.79 Å². The lowest BCUT2D eigenvalue weighted by atomic mass is 10.0. The van der Waals surface area contributed by atoms with Gasteiger partial charge in [0.2, 0.25) is 0 Å². The zero-order valence-corrected chi connectivity index (χ0v) is 13.1. The number of thiazole rings is 1. The van der Waals surface area contributed by atoms with Crippen LogP contribution in [-0.4, -0.2) is 20.8 Å². The molecule has 0 saturated carbocycles. The van der Waals surface area contributed by atoms with Gasteiger partial charge in [0.1, 0.15) is 4.88 Å². The van der Waals surface area contributed by atoms with Crippen LogP contribution in [0.5, 0.6) is 0 Å². The Balaban J connectivity index is 1.65. The first-order valence-corrected chi connectivity index (χ1v) is 8.17. The quantitative estimate of drug-likeness (QED) is 0.813. The molecule has 5 heteroatoms. The van der Waals surface area contributed by atoms with E-state index in [0.29, 0.717) is 13.1 Å². The minimum atomic E-state index is 0.0816. The highest BCUT2D eigenvalue weighted by Gasteiger charge is 2.30. The average Bonchev–Trinajstić information content (AvgIpc) is 3.16. The Hall–Kier alpha value is -1.75. The van der Waals surface area contributed by atoms with Crippen LogP contribution in [0, 0.1) is 13.8 Å². The third-order valence-electron chi connectivity index (χ3n) is 4.52. The molecule has 1 aliphatic carbocycles. The molecular formula is C16H17N3OS. The maximum atomic E-state index is 12.6. The van der Waals surface area contributed by atoms with Crippen LogP contribution in [0.1, 0.15) is 49.2 Å². The van der Waals surface area contributed by atoms with Crippen molar-refractivity contribution < 1.29 is 4.79 Å². The van der Waals surface area contributed by atoms with Crippen molar-refractivity contribution in [2.24, 2.45) is 0 Å². The first-order valence-electron chi connectivity index (χ1n) is 7.35. The van der Waals surface area contributed by atoms with E-state index in [1.165, 1.54) is 40.1 Å². The maximum Gasteiger partial charge on any atom is 0.266 e. The van der Waals surface area contributed by atoms with Crippen LogP contribution in [0.3, 0.4) is 0 Å². The van der Waals surface area contributed by atoms with Crippen LogP contribution in [0.25, 0.3) is 0 Å². The van der Waals surface area contributed by atoms with E-state index in [4.69, 9.17) is 4.98 Å². The highest BCUT2D eigenvalue weighted by molar-refractivity contribution is 7.13. The summed E-state index contributed by atoms with van der Waals surface area (Å²) in [5, 5.41) is 0.934.